The van der Waals surface area contributed by atoms with Gasteiger partial charge >= 0.3 is 0 Å². The van der Waals surface area contributed by atoms with Gasteiger partial charge in [0.05, 0.1) is 33.9 Å². The van der Waals surface area contributed by atoms with Crippen LogP contribution in [0.3, 0.4) is 0 Å². The Kier molecular flexibility index (Phi) is 5.78. The SMILES string of the molecule is COc1ccc(C2C3C(=O)N(c4ccc(C)cc4)C(=O)C3ON2c2cccc([N+](=O)[O-])c2)cc1Br. The van der Waals surface area contributed by atoms with Gasteiger partial charge in [-0.1, -0.05) is 29.8 Å². The summed E-state index contributed by atoms with van der Waals surface area (Å²) < 4.78 is 5.99. The fraction of sp³-hybridized carbons (Fsp3) is 0.200. The van der Waals surface area contributed by atoms with Gasteiger partial charge in [0, 0.05) is 12.1 Å². The lowest BCUT2D eigenvalue weighted by atomic mass is 9.90. The molecule has 0 bridgehead atoms. The standard InChI is InChI=1S/C25H20BrN3O6/c1-14-6-9-16(10-7-14)27-24(30)21-22(15-8-11-20(34-2)19(26)12-15)28(35-23(21)25(27)31)17-4-3-5-18(13-17)29(32)33/h3-13,21-23H,1-2H3. The molecule has 35 heavy (non-hydrogen) atoms. The predicted molar refractivity (Wildman–Crippen MR) is 131 cm³/mol. The first-order valence-electron chi connectivity index (χ1n) is 10.8. The Morgan fingerprint density at radius 1 is 1.00 bits per heavy atom. The third kappa shape index (κ3) is 3.84. The van der Waals surface area contributed by atoms with Crippen molar-refractivity contribution < 1.29 is 24.1 Å². The molecule has 0 N–H and O–H groups in total. The molecule has 3 unspecified atom stereocenters. The molecule has 2 amide bonds. The van der Waals surface area contributed by atoms with E-state index in [0.29, 0.717) is 27.2 Å². The lowest BCUT2D eigenvalue weighted by molar-refractivity contribution is -0.384. The number of nitro groups is 1. The average molecular weight is 538 g/mol. The van der Waals surface area contributed by atoms with Crippen LogP contribution in [-0.4, -0.2) is 30.0 Å². The van der Waals surface area contributed by atoms with E-state index in [1.165, 1.54) is 23.3 Å². The van der Waals surface area contributed by atoms with Gasteiger partial charge < -0.3 is 4.74 Å². The summed E-state index contributed by atoms with van der Waals surface area (Å²) >= 11 is 3.48. The Labute approximate surface area is 209 Å². The molecule has 0 saturated carbocycles. The number of aryl methyl sites for hydroxylation is 1. The van der Waals surface area contributed by atoms with Crippen LogP contribution in [-0.2, 0) is 14.4 Å². The lowest BCUT2D eigenvalue weighted by Gasteiger charge is -2.29. The normalized spacial score (nSPS) is 21.4. The van der Waals surface area contributed by atoms with Crippen LogP contribution >= 0.6 is 15.9 Å². The van der Waals surface area contributed by atoms with Crippen LogP contribution in [0.2, 0.25) is 0 Å². The van der Waals surface area contributed by atoms with E-state index in [4.69, 9.17) is 9.57 Å². The number of carbonyl (C=O) groups excluding carboxylic acids is 2. The zero-order chi connectivity index (χ0) is 24.9. The summed E-state index contributed by atoms with van der Waals surface area (Å²) in [6.07, 6.45) is -1.08. The van der Waals surface area contributed by atoms with Gasteiger partial charge in [0.2, 0.25) is 5.91 Å². The number of benzene rings is 3. The molecule has 2 saturated heterocycles. The van der Waals surface area contributed by atoms with Crippen LogP contribution in [0.5, 0.6) is 5.75 Å². The van der Waals surface area contributed by atoms with Gasteiger partial charge in [0.15, 0.2) is 6.10 Å². The molecular weight excluding hydrogens is 518 g/mol. The van der Waals surface area contributed by atoms with Gasteiger partial charge in [-0.25, -0.2) is 9.96 Å². The third-order valence-electron chi connectivity index (χ3n) is 6.22. The molecule has 9 nitrogen and oxygen atoms in total. The van der Waals surface area contributed by atoms with E-state index in [0.717, 1.165) is 10.5 Å². The number of non-ortho nitro benzene ring substituents is 1. The fourth-order valence-corrected chi connectivity index (χ4v) is 5.09. The molecule has 0 radical (unpaired) electrons. The van der Waals surface area contributed by atoms with Crippen LogP contribution in [0.4, 0.5) is 17.1 Å². The minimum atomic E-state index is -1.08. The van der Waals surface area contributed by atoms with Crippen LogP contribution < -0.4 is 14.7 Å². The van der Waals surface area contributed by atoms with Crippen LogP contribution in [0.1, 0.15) is 17.2 Å². The maximum Gasteiger partial charge on any atom is 0.271 e. The van der Waals surface area contributed by atoms with Crippen molar-refractivity contribution in [2.45, 2.75) is 19.1 Å². The maximum atomic E-state index is 13.7. The summed E-state index contributed by atoms with van der Waals surface area (Å²) in [6, 6.07) is 17.6. The molecular formula is C25H20BrN3O6. The summed E-state index contributed by atoms with van der Waals surface area (Å²) in [5.41, 5.74) is 2.40. The van der Waals surface area contributed by atoms with Crippen molar-refractivity contribution >= 4 is 44.8 Å². The highest BCUT2D eigenvalue weighted by Crippen LogP contribution is 2.48. The highest BCUT2D eigenvalue weighted by molar-refractivity contribution is 9.10. The second-order valence-electron chi connectivity index (χ2n) is 8.34. The van der Waals surface area contributed by atoms with Crippen molar-refractivity contribution in [2.75, 3.05) is 17.1 Å². The highest BCUT2D eigenvalue weighted by Gasteiger charge is 2.60. The number of carbonyl (C=O) groups is 2. The predicted octanol–water partition coefficient (Wildman–Crippen LogP) is 4.73. The van der Waals surface area contributed by atoms with Crippen molar-refractivity contribution in [3.63, 3.8) is 0 Å². The Morgan fingerprint density at radius 3 is 2.40 bits per heavy atom. The number of rotatable bonds is 5. The van der Waals surface area contributed by atoms with Crippen molar-refractivity contribution in [3.05, 3.63) is 92.4 Å². The summed E-state index contributed by atoms with van der Waals surface area (Å²) in [6.45, 7) is 1.92. The second kappa shape index (κ2) is 8.79. The van der Waals surface area contributed by atoms with E-state index in [1.807, 2.05) is 19.1 Å². The summed E-state index contributed by atoms with van der Waals surface area (Å²) in [5.74, 6) is -1.13. The number of nitrogens with zero attached hydrogens (tertiary/aromatic N) is 3. The molecule has 2 aliphatic rings. The van der Waals surface area contributed by atoms with Crippen molar-refractivity contribution in [1.82, 2.24) is 0 Å². The second-order valence-corrected chi connectivity index (χ2v) is 9.20. The number of imide groups is 1. The summed E-state index contributed by atoms with van der Waals surface area (Å²) in [5, 5.41) is 12.8. The molecule has 2 heterocycles. The molecule has 0 aromatic heterocycles. The Bertz CT molecular complexity index is 1350. The number of methoxy groups -OCH3 is 1. The molecule has 178 valence electrons. The monoisotopic (exact) mass is 537 g/mol. The van der Waals surface area contributed by atoms with Gasteiger partial charge in [-0.05, 0) is 58.7 Å². The number of hydrogen-bond acceptors (Lipinski definition) is 7. The van der Waals surface area contributed by atoms with E-state index in [-0.39, 0.29) is 5.69 Å². The zero-order valence-electron chi connectivity index (χ0n) is 18.8. The van der Waals surface area contributed by atoms with E-state index in [9.17, 15) is 19.7 Å². The van der Waals surface area contributed by atoms with Crippen LogP contribution in [0.15, 0.2) is 71.2 Å². The molecule has 2 aliphatic heterocycles. The van der Waals surface area contributed by atoms with Crippen molar-refractivity contribution in [1.29, 1.82) is 0 Å². The fourth-order valence-electron chi connectivity index (χ4n) is 4.54. The number of hydrogen-bond donors (Lipinski definition) is 0. The molecule has 10 heteroatoms. The van der Waals surface area contributed by atoms with Crippen LogP contribution in [0.25, 0.3) is 0 Å². The molecule has 0 spiro atoms. The van der Waals surface area contributed by atoms with Gasteiger partial charge in [-0.2, -0.15) is 0 Å². The summed E-state index contributed by atoms with van der Waals surface area (Å²) in [4.78, 5) is 45.2. The van der Waals surface area contributed by atoms with E-state index in [1.54, 1.807) is 43.5 Å². The minimum Gasteiger partial charge on any atom is -0.496 e. The smallest absolute Gasteiger partial charge is 0.271 e. The lowest BCUT2D eigenvalue weighted by Crippen LogP contribution is -2.37. The highest BCUT2D eigenvalue weighted by atomic mass is 79.9. The van der Waals surface area contributed by atoms with Crippen molar-refractivity contribution in [3.8, 4) is 5.75 Å². The number of ether oxygens (including phenoxy) is 1. The first-order chi connectivity index (χ1) is 16.8. The number of fused-ring (bicyclic) bond motifs is 1. The molecule has 0 aliphatic carbocycles. The number of hydroxylamine groups is 1. The van der Waals surface area contributed by atoms with E-state index in [2.05, 4.69) is 15.9 Å². The van der Waals surface area contributed by atoms with Gasteiger partial charge in [-0.3, -0.25) is 24.5 Å². The summed E-state index contributed by atoms with van der Waals surface area (Å²) in [7, 11) is 1.54. The largest absolute Gasteiger partial charge is 0.496 e. The quantitative estimate of drug-likeness (QED) is 0.263. The van der Waals surface area contributed by atoms with Gasteiger partial charge in [0.1, 0.15) is 11.7 Å². The average Bonchev–Trinajstić information content (AvgIpc) is 3.36. The van der Waals surface area contributed by atoms with E-state index < -0.39 is 34.8 Å². The maximum absolute atomic E-state index is 13.7. The Hall–Kier alpha value is -3.76. The zero-order valence-corrected chi connectivity index (χ0v) is 20.3. The molecule has 3 atom stereocenters. The first kappa shape index (κ1) is 23.0. The third-order valence-corrected chi connectivity index (χ3v) is 6.84. The van der Waals surface area contributed by atoms with Gasteiger partial charge in [-0.15, -0.1) is 0 Å². The minimum absolute atomic E-state index is 0.128. The topological polar surface area (TPSA) is 102 Å². The number of anilines is 2. The van der Waals surface area contributed by atoms with Crippen molar-refractivity contribution in [2.24, 2.45) is 5.92 Å². The molecule has 3 aromatic carbocycles. The van der Waals surface area contributed by atoms with E-state index >= 15 is 0 Å². The molecule has 3 aromatic rings. The number of nitro benzene ring substituents is 1. The molecule has 2 fully saturated rings. The Balaban J connectivity index is 1.61. The Morgan fingerprint density at radius 2 is 1.74 bits per heavy atom. The first-order valence-corrected chi connectivity index (χ1v) is 11.6. The number of halogens is 1. The van der Waals surface area contributed by atoms with Crippen LogP contribution in [0, 0.1) is 23.0 Å². The molecule has 5 rings (SSSR count). The number of amides is 2. The van der Waals surface area contributed by atoms with Gasteiger partial charge in [0.25, 0.3) is 11.6 Å².